The number of rotatable bonds is 8. The fourth-order valence-corrected chi connectivity index (χ4v) is 6.69. The molecule has 2 aliphatic rings. The third-order valence-electron chi connectivity index (χ3n) is 7.30. The van der Waals surface area contributed by atoms with Crippen molar-refractivity contribution in [3.05, 3.63) is 65.3 Å². The van der Waals surface area contributed by atoms with Gasteiger partial charge in [-0.05, 0) is 67.9 Å². The molecule has 1 N–H and O–H groups in total. The van der Waals surface area contributed by atoms with Gasteiger partial charge < -0.3 is 5.32 Å². The number of pyridine rings is 1. The molecule has 2 aromatic heterocycles. The Morgan fingerprint density at radius 2 is 1.91 bits per heavy atom. The number of amides is 3. The monoisotopic (exact) mass is 476 g/mol. The lowest BCUT2D eigenvalue weighted by molar-refractivity contribution is -0.134. The van der Waals surface area contributed by atoms with Gasteiger partial charge in [0.05, 0.1) is 0 Å². The summed E-state index contributed by atoms with van der Waals surface area (Å²) in [7, 11) is 0. The lowest BCUT2D eigenvalue weighted by Crippen LogP contribution is -2.56. The number of carbonyl (C=O) groups is 2. The van der Waals surface area contributed by atoms with Crippen LogP contribution in [0.2, 0.25) is 0 Å². The number of benzene rings is 1. The van der Waals surface area contributed by atoms with Crippen molar-refractivity contribution in [3.63, 3.8) is 0 Å². The number of nitrogens with one attached hydrogen (secondary N) is 1. The minimum absolute atomic E-state index is 0.0433. The standard InChI is InChI=1S/C27H32N4O2S/c1-2-13-27(25(32)31(26(33)29-27)17-12-22-8-5-6-14-28-22)21-10-15-30(16-11-21)19-23-18-20-7-3-4-9-24(20)34-23/h3-9,14,18,21H,2,10-13,15-17,19H2,1H3,(H,29,33)/t27-/m1/s1. The third-order valence-corrected chi connectivity index (χ3v) is 8.41. The second-order valence-corrected chi connectivity index (χ2v) is 10.6. The highest BCUT2D eigenvalue weighted by Gasteiger charge is 2.55. The Hall–Kier alpha value is -2.77. The average Bonchev–Trinajstić information content (AvgIpc) is 3.37. The number of thiophene rings is 1. The SMILES string of the molecule is CCC[C@]1(C2CCN(Cc3cc4ccccc4s3)CC2)NC(=O)N(CCc2ccccn2)C1=O. The van der Waals surface area contributed by atoms with Crippen molar-refractivity contribution in [2.75, 3.05) is 19.6 Å². The summed E-state index contributed by atoms with van der Waals surface area (Å²) >= 11 is 1.86. The maximum Gasteiger partial charge on any atom is 0.325 e. The summed E-state index contributed by atoms with van der Waals surface area (Å²) in [5.74, 6) is 0.126. The van der Waals surface area contributed by atoms with Crippen molar-refractivity contribution in [3.8, 4) is 0 Å². The summed E-state index contributed by atoms with van der Waals surface area (Å²) in [6.07, 6.45) is 5.72. The summed E-state index contributed by atoms with van der Waals surface area (Å²) in [4.78, 5) is 36.2. The summed E-state index contributed by atoms with van der Waals surface area (Å²) in [5.41, 5.74) is 0.130. The smallest absolute Gasteiger partial charge is 0.323 e. The summed E-state index contributed by atoms with van der Waals surface area (Å²) < 4.78 is 1.33. The van der Waals surface area contributed by atoms with Gasteiger partial charge in [-0.3, -0.25) is 19.6 Å². The Kier molecular flexibility index (Phi) is 6.66. The van der Waals surface area contributed by atoms with Gasteiger partial charge in [-0.1, -0.05) is 37.6 Å². The van der Waals surface area contributed by atoms with Crippen molar-refractivity contribution in [2.24, 2.45) is 5.92 Å². The molecule has 2 saturated heterocycles. The zero-order valence-electron chi connectivity index (χ0n) is 19.7. The van der Waals surface area contributed by atoms with Gasteiger partial charge in [0, 0.05) is 41.0 Å². The van der Waals surface area contributed by atoms with Gasteiger partial charge in [0.2, 0.25) is 0 Å². The highest BCUT2D eigenvalue weighted by molar-refractivity contribution is 7.19. The molecular formula is C27H32N4O2S. The van der Waals surface area contributed by atoms with Gasteiger partial charge in [0.15, 0.2) is 0 Å². The van der Waals surface area contributed by atoms with Gasteiger partial charge in [-0.2, -0.15) is 0 Å². The maximum absolute atomic E-state index is 13.6. The fourth-order valence-electron chi connectivity index (χ4n) is 5.58. The van der Waals surface area contributed by atoms with E-state index in [4.69, 9.17) is 0 Å². The molecule has 0 radical (unpaired) electrons. The van der Waals surface area contributed by atoms with E-state index < -0.39 is 5.54 Å². The van der Waals surface area contributed by atoms with Crippen LogP contribution in [0.25, 0.3) is 10.1 Å². The topological polar surface area (TPSA) is 65.5 Å². The van der Waals surface area contributed by atoms with Gasteiger partial charge in [-0.15, -0.1) is 11.3 Å². The number of fused-ring (bicyclic) bond motifs is 1. The number of piperidine rings is 1. The Morgan fingerprint density at radius 3 is 2.65 bits per heavy atom. The zero-order chi connectivity index (χ0) is 23.5. The van der Waals surface area contributed by atoms with E-state index in [1.165, 1.54) is 19.9 Å². The Labute approximate surface area is 205 Å². The van der Waals surface area contributed by atoms with Crippen molar-refractivity contribution in [1.29, 1.82) is 0 Å². The molecule has 3 amide bonds. The van der Waals surface area contributed by atoms with Crippen molar-refractivity contribution in [2.45, 2.75) is 51.1 Å². The average molecular weight is 477 g/mol. The number of hydrogen-bond donors (Lipinski definition) is 1. The molecule has 5 rings (SSSR count). The quantitative estimate of drug-likeness (QED) is 0.473. The highest BCUT2D eigenvalue weighted by Crippen LogP contribution is 2.38. The number of carbonyl (C=O) groups excluding carboxylic acids is 2. The first-order chi connectivity index (χ1) is 16.6. The number of likely N-dealkylation sites (tertiary alicyclic amines) is 1. The van der Waals surface area contributed by atoms with Crippen LogP contribution >= 0.6 is 11.3 Å². The zero-order valence-corrected chi connectivity index (χ0v) is 20.5. The minimum Gasteiger partial charge on any atom is -0.323 e. The van der Waals surface area contributed by atoms with E-state index in [0.717, 1.165) is 44.6 Å². The predicted molar refractivity (Wildman–Crippen MR) is 136 cm³/mol. The van der Waals surface area contributed by atoms with Crippen LogP contribution in [-0.4, -0.2) is 51.9 Å². The molecule has 178 valence electrons. The van der Waals surface area contributed by atoms with Crippen LogP contribution in [0, 0.1) is 5.92 Å². The number of imide groups is 1. The molecule has 4 heterocycles. The van der Waals surface area contributed by atoms with E-state index in [1.807, 2.05) is 29.5 Å². The van der Waals surface area contributed by atoms with E-state index in [2.05, 4.69) is 52.5 Å². The minimum atomic E-state index is -0.764. The van der Waals surface area contributed by atoms with Crippen LogP contribution in [-0.2, 0) is 17.8 Å². The lowest BCUT2D eigenvalue weighted by Gasteiger charge is -2.40. The van der Waals surface area contributed by atoms with Crippen LogP contribution in [0.15, 0.2) is 54.7 Å². The fraction of sp³-hybridized carbons (Fsp3) is 0.444. The highest BCUT2D eigenvalue weighted by atomic mass is 32.1. The first kappa shape index (κ1) is 23.0. The number of urea groups is 1. The number of nitrogens with zero attached hydrogens (tertiary/aromatic N) is 3. The molecule has 2 fully saturated rings. The molecule has 34 heavy (non-hydrogen) atoms. The molecule has 1 aromatic carbocycles. The Bertz CT molecular complexity index is 1120. The summed E-state index contributed by atoms with van der Waals surface area (Å²) in [5, 5.41) is 4.47. The Morgan fingerprint density at radius 1 is 1.12 bits per heavy atom. The summed E-state index contributed by atoms with van der Waals surface area (Å²) in [6, 6.07) is 16.3. The number of aromatic nitrogens is 1. The third kappa shape index (κ3) is 4.46. The van der Waals surface area contributed by atoms with Gasteiger partial charge in [0.1, 0.15) is 5.54 Å². The normalized spacial score (nSPS) is 22.0. The van der Waals surface area contributed by atoms with Crippen molar-refractivity contribution < 1.29 is 9.59 Å². The molecular weight excluding hydrogens is 444 g/mol. The molecule has 2 aliphatic heterocycles. The van der Waals surface area contributed by atoms with Crippen LogP contribution < -0.4 is 5.32 Å². The first-order valence-corrected chi connectivity index (χ1v) is 13.1. The van der Waals surface area contributed by atoms with Crippen LogP contribution in [0.3, 0.4) is 0 Å². The molecule has 0 unspecified atom stereocenters. The molecule has 0 saturated carbocycles. The number of hydrogen-bond acceptors (Lipinski definition) is 5. The molecule has 3 aromatic rings. The molecule has 0 bridgehead atoms. The maximum atomic E-state index is 13.6. The molecule has 6 nitrogen and oxygen atoms in total. The van der Waals surface area contributed by atoms with Crippen LogP contribution in [0.5, 0.6) is 0 Å². The van der Waals surface area contributed by atoms with Gasteiger partial charge >= 0.3 is 6.03 Å². The van der Waals surface area contributed by atoms with Gasteiger partial charge in [-0.25, -0.2) is 4.79 Å². The molecule has 0 spiro atoms. The van der Waals surface area contributed by atoms with E-state index in [1.54, 1.807) is 6.20 Å². The van der Waals surface area contributed by atoms with Crippen LogP contribution in [0.4, 0.5) is 4.79 Å². The largest absolute Gasteiger partial charge is 0.325 e. The van der Waals surface area contributed by atoms with Crippen molar-refractivity contribution >= 4 is 33.4 Å². The van der Waals surface area contributed by atoms with Crippen LogP contribution in [0.1, 0.15) is 43.2 Å². The lowest BCUT2D eigenvalue weighted by atomic mass is 9.74. The van der Waals surface area contributed by atoms with E-state index in [9.17, 15) is 9.59 Å². The molecule has 0 aliphatic carbocycles. The summed E-state index contributed by atoms with van der Waals surface area (Å²) in [6.45, 7) is 5.30. The first-order valence-electron chi connectivity index (χ1n) is 12.3. The van der Waals surface area contributed by atoms with Gasteiger partial charge in [0.25, 0.3) is 5.91 Å². The second kappa shape index (κ2) is 9.84. The molecule has 7 heteroatoms. The Balaban J connectivity index is 1.24. The predicted octanol–water partition coefficient (Wildman–Crippen LogP) is 4.84. The second-order valence-electron chi connectivity index (χ2n) is 9.48. The van der Waals surface area contributed by atoms with E-state index in [0.29, 0.717) is 19.4 Å². The van der Waals surface area contributed by atoms with Crippen molar-refractivity contribution in [1.82, 2.24) is 20.1 Å². The molecule has 1 atom stereocenters. The van der Waals surface area contributed by atoms with E-state index >= 15 is 0 Å². The van der Waals surface area contributed by atoms with E-state index in [-0.39, 0.29) is 17.9 Å².